The summed E-state index contributed by atoms with van der Waals surface area (Å²) in [6.07, 6.45) is 6.96. The van der Waals surface area contributed by atoms with Gasteiger partial charge in [0.15, 0.2) is 0 Å². The maximum atomic E-state index is 12.4. The van der Waals surface area contributed by atoms with E-state index in [-0.39, 0.29) is 12.0 Å². The van der Waals surface area contributed by atoms with Crippen LogP contribution in [0.1, 0.15) is 18.4 Å². The molecule has 2 fully saturated rings. The molecule has 0 spiro atoms. The van der Waals surface area contributed by atoms with Crippen LogP contribution in [0.15, 0.2) is 12.4 Å². The molecule has 1 aliphatic carbocycles. The number of aryl methyl sites for hydroxylation is 1. The number of rotatable bonds is 6. The third kappa shape index (κ3) is 4.30. The van der Waals surface area contributed by atoms with Crippen molar-refractivity contribution in [1.82, 2.24) is 19.6 Å². The zero-order valence-corrected chi connectivity index (χ0v) is 13.6. The molecule has 0 unspecified atom stereocenters. The number of morpholine rings is 1. The summed E-state index contributed by atoms with van der Waals surface area (Å²) in [4.78, 5) is 16.7. The fourth-order valence-electron chi connectivity index (χ4n) is 3.07. The number of carbonyl (C=O) groups excluding carboxylic acids is 1. The molecule has 1 aromatic rings. The van der Waals surface area contributed by atoms with Gasteiger partial charge in [-0.15, -0.1) is 0 Å². The SMILES string of the molecule is CN(CC1CC1)C[C@H]1CN(C(=O)Cc2cnn(C)c2)CCO1. The zero-order valence-electron chi connectivity index (χ0n) is 13.6. The van der Waals surface area contributed by atoms with Crippen LogP contribution < -0.4 is 0 Å². The van der Waals surface area contributed by atoms with E-state index >= 15 is 0 Å². The number of nitrogens with zero attached hydrogens (tertiary/aromatic N) is 4. The molecule has 1 amide bonds. The molecule has 2 heterocycles. The number of aromatic nitrogens is 2. The molecule has 6 nitrogen and oxygen atoms in total. The highest BCUT2D eigenvalue weighted by atomic mass is 16.5. The van der Waals surface area contributed by atoms with Crippen molar-refractivity contribution < 1.29 is 9.53 Å². The molecule has 0 radical (unpaired) electrons. The Bertz CT molecular complexity index is 512. The topological polar surface area (TPSA) is 50.6 Å². The lowest BCUT2D eigenvalue weighted by Crippen LogP contribution is -2.49. The quantitative estimate of drug-likeness (QED) is 0.769. The molecule has 1 aliphatic heterocycles. The smallest absolute Gasteiger partial charge is 0.227 e. The molecule has 1 saturated carbocycles. The van der Waals surface area contributed by atoms with Crippen LogP contribution in [-0.4, -0.2) is 71.4 Å². The van der Waals surface area contributed by atoms with E-state index in [1.54, 1.807) is 10.9 Å². The second kappa shape index (κ2) is 6.79. The largest absolute Gasteiger partial charge is 0.373 e. The van der Waals surface area contributed by atoms with Crippen LogP contribution in [0.5, 0.6) is 0 Å². The van der Waals surface area contributed by atoms with E-state index in [1.165, 1.54) is 12.8 Å². The van der Waals surface area contributed by atoms with E-state index in [4.69, 9.17) is 4.74 Å². The molecule has 22 heavy (non-hydrogen) atoms. The second-order valence-electron chi connectivity index (χ2n) is 6.70. The lowest BCUT2D eigenvalue weighted by Gasteiger charge is -2.35. The van der Waals surface area contributed by atoms with Crippen molar-refractivity contribution in [1.29, 1.82) is 0 Å². The molecule has 6 heteroatoms. The summed E-state index contributed by atoms with van der Waals surface area (Å²) >= 11 is 0. The van der Waals surface area contributed by atoms with Crippen LogP contribution in [0.2, 0.25) is 0 Å². The van der Waals surface area contributed by atoms with Crippen molar-refractivity contribution in [2.75, 3.05) is 39.8 Å². The Morgan fingerprint density at radius 2 is 2.27 bits per heavy atom. The summed E-state index contributed by atoms with van der Waals surface area (Å²) in [6, 6.07) is 0. The molecule has 0 aromatic carbocycles. The lowest BCUT2D eigenvalue weighted by atomic mass is 10.2. The Morgan fingerprint density at radius 3 is 2.95 bits per heavy atom. The van der Waals surface area contributed by atoms with Gasteiger partial charge in [-0.25, -0.2) is 0 Å². The molecule has 0 bridgehead atoms. The number of ether oxygens (including phenoxy) is 1. The van der Waals surface area contributed by atoms with Gasteiger partial charge in [0.05, 0.1) is 25.3 Å². The fraction of sp³-hybridized carbons (Fsp3) is 0.750. The summed E-state index contributed by atoms with van der Waals surface area (Å²) in [6.45, 7) is 4.10. The molecule has 1 aromatic heterocycles. The summed E-state index contributed by atoms with van der Waals surface area (Å²) in [5, 5.41) is 4.12. The van der Waals surface area contributed by atoms with Gasteiger partial charge in [0.1, 0.15) is 0 Å². The average molecular weight is 306 g/mol. The van der Waals surface area contributed by atoms with Crippen LogP contribution >= 0.6 is 0 Å². The van der Waals surface area contributed by atoms with Crippen LogP contribution in [0.25, 0.3) is 0 Å². The molecular weight excluding hydrogens is 280 g/mol. The summed E-state index contributed by atoms with van der Waals surface area (Å²) in [5.41, 5.74) is 0.974. The summed E-state index contributed by atoms with van der Waals surface area (Å²) < 4.78 is 7.57. The molecule has 2 aliphatic rings. The summed E-state index contributed by atoms with van der Waals surface area (Å²) in [5.74, 6) is 1.06. The third-order valence-corrected chi connectivity index (χ3v) is 4.39. The van der Waals surface area contributed by atoms with Gasteiger partial charge in [-0.1, -0.05) is 0 Å². The normalized spacial score (nSPS) is 22.3. The van der Waals surface area contributed by atoms with Gasteiger partial charge >= 0.3 is 0 Å². The third-order valence-electron chi connectivity index (χ3n) is 4.39. The standard InChI is InChI=1S/C16H26N4O2/c1-18(9-13-3-4-13)11-15-12-20(5-6-22-15)16(21)7-14-8-17-19(2)10-14/h8,10,13,15H,3-7,9,11-12H2,1-2H3/t15-/m0/s1. The second-order valence-corrected chi connectivity index (χ2v) is 6.70. The first-order chi connectivity index (χ1) is 10.6. The maximum Gasteiger partial charge on any atom is 0.227 e. The van der Waals surface area contributed by atoms with Crippen molar-refractivity contribution in [2.24, 2.45) is 13.0 Å². The van der Waals surface area contributed by atoms with Crippen molar-refractivity contribution in [3.8, 4) is 0 Å². The van der Waals surface area contributed by atoms with Gasteiger partial charge < -0.3 is 14.5 Å². The number of hydrogen-bond donors (Lipinski definition) is 0. The first-order valence-electron chi connectivity index (χ1n) is 8.15. The predicted octanol–water partition coefficient (Wildman–Crippen LogP) is 0.532. The molecule has 1 atom stereocenters. The van der Waals surface area contributed by atoms with E-state index in [0.29, 0.717) is 26.1 Å². The van der Waals surface area contributed by atoms with Gasteiger partial charge in [-0.2, -0.15) is 5.10 Å². The van der Waals surface area contributed by atoms with Crippen molar-refractivity contribution >= 4 is 5.91 Å². The lowest BCUT2D eigenvalue weighted by molar-refractivity contribution is -0.138. The van der Waals surface area contributed by atoms with E-state index < -0.39 is 0 Å². The molecule has 122 valence electrons. The Balaban J connectivity index is 1.47. The van der Waals surface area contributed by atoms with E-state index in [0.717, 1.165) is 24.6 Å². The maximum absolute atomic E-state index is 12.4. The predicted molar refractivity (Wildman–Crippen MR) is 83.5 cm³/mol. The van der Waals surface area contributed by atoms with Crippen LogP contribution in [0.4, 0.5) is 0 Å². The Kier molecular flexibility index (Phi) is 4.78. The van der Waals surface area contributed by atoms with Gasteiger partial charge in [0, 0.05) is 39.4 Å². The van der Waals surface area contributed by atoms with E-state index in [2.05, 4.69) is 17.0 Å². The first kappa shape index (κ1) is 15.5. The van der Waals surface area contributed by atoms with Gasteiger partial charge in [-0.3, -0.25) is 9.48 Å². The van der Waals surface area contributed by atoms with Crippen molar-refractivity contribution in [3.63, 3.8) is 0 Å². The minimum Gasteiger partial charge on any atom is -0.373 e. The van der Waals surface area contributed by atoms with Gasteiger partial charge in [-0.05, 0) is 31.4 Å². The van der Waals surface area contributed by atoms with E-state index in [1.807, 2.05) is 18.1 Å². The Hall–Kier alpha value is -1.40. The van der Waals surface area contributed by atoms with Gasteiger partial charge in [0.25, 0.3) is 0 Å². The summed E-state index contributed by atoms with van der Waals surface area (Å²) in [7, 11) is 4.02. The molecule has 3 rings (SSSR count). The zero-order chi connectivity index (χ0) is 15.5. The molecular formula is C16H26N4O2. The Morgan fingerprint density at radius 1 is 1.45 bits per heavy atom. The van der Waals surface area contributed by atoms with Crippen molar-refractivity contribution in [3.05, 3.63) is 18.0 Å². The number of likely N-dealkylation sites (N-methyl/N-ethyl adjacent to an activating group) is 1. The number of hydrogen-bond acceptors (Lipinski definition) is 4. The average Bonchev–Trinajstić information content (AvgIpc) is 3.20. The minimum absolute atomic E-state index is 0.135. The number of amides is 1. The van der Waals surface area contributed by atoms with Crippen LogP contribution in [0.3, 0.4) is 0 Å². The highest BCUT2D eigenvalue weighted by molar-refractivity contribution is 5.78. The Labute approximate surface area is 132 Å². The van der Waals surface area contributed by atoms with Crippen LogP contribution in [-0.2, 0) is 23.0 Å². The van der Waals surface area contributed by atoms with Gasteiger partial charge in [0.2, 0.25) is 5.91 Å². The molecule has 1 saturated heterocycles. The van der Waals surface area contributed by atoms with Crippen molar-refractivity contribution in [2.45, 2.75) is 25.4 Å². The molecule has 0 N–H and O–H groups in total. The monoisotopic (exact) mass is 306 g/mol. The fourth-order valence-corrected chi connectivity index (χ4v) is 3.07. The first-order valence-corrected chi connectivity index (χ1v) is 8.15. The minimum atomic E-state index is 0.135. The van der Waals surface area contributed by atoms with Crippen LogP contribution in [0, 0.1) is 5.92 Å². The highest BCUT2D eigenvalue weighted by Gasteiger charge is 2.27. The highest BCUT2D eigenvalue weighted by Crippen LogP contribution is 2.29. The van der Waals surface area contributed by atoms with E-state index in [9.17, 15) is 4.79 Å². The number of carbonyl (C=O) groups is 1.